The summed E-state index contributed by atoms with van der Waals surface area (Å²) in [7, 11) is 0. The van der Waals surface area contributed by atoms with Gasteiger partial charge in [-0.1, -0.05) is 41.5 Å². The molecule has 0 aromatic rings. The maximum atomic E-state index is 6.38. The minimum atomic E-state index is 0.177. The summed E-state index contributed by atoms with van der Waals surface area (Å²) >= 11 is 0. The fourth-order valence-corrected chi connectivity index (χ4v) is 3.04. The van der Waals surface area contributed by atoms with Crippen LogP contribution >= 0.6 is 0 Å². The first kappa shape index (κ1) is 12.0. The molecule has 0 radical (unpaired) electrons. The summed E-state index contributed by atoms with van der Waals surface area (Å²) < 4.78 is 0. The van der Waals surface area contributed by atoms with Crippen LogP contribution < -0.4 is 11.1 Å². The molecule has 0 aliphatic carbocycles. The molecule has 0 spiro atoms. The van der Waals surface area contributed by atoms with E-state index in [2.05, 4.69) is 46.9 Å². The molecule has 0 aromatic heterocycles. The van der Waals surface area contributed by atoms with E-state index in [4.69, 9.17) is 5.73 Å². The Hall–Kier alpha value is -0.0800. The van der Waals surface area contributed by atoms with E-state index in [9.17, 15) is 0 Å². The van der Waals surface area contributed by atoms with Crippen molar-refractivity contribution in [3.63, 3.8) is 0 Å². The van der Waals surface area contributed by atoms with Gasteiger partial charge in [0.1, 0.15) is 0 Å². The van der Waals surface area contributed by atoms with Gasteiger partial charge >= 0.3 is 0 Å². The van der Waals surface area contributed by atoms with E-state index in [1.165, 1.54) is 0 Å². The van der Waals surface area contributed by atoms with Crippen molar-refractivity contribution in [3.8, 4) is 0 Å². The molecule has 1 fully saturated rings. The van der Waals surface area contributed by atoms with Crippen molar-refractivity contribution in [2.75, 3.05) is 6.54 Å². The van der Waals surface area contributed by atoms with Crippen molar-refractivity contribution in [2.24, 2.45) is 22.5 Å². The molecule has 1 heterocycles. The first-order valence-electron chi connectivity index (χ1n) is 5.68. The number of hydrogen-bond donors (Lipinski definition) is 2. The summed E-state index contributed by atoms with van der Waals surface area (Å²) in [5, 5.41) is 3.65. The molecule has 1 rings (SSSR count). The SMILES string of the molecule is CC(C)C1NCC(C)(C)C(N)C1(C)C. The third kappa shape index (κ3) is 1.82. The third-order valence-corrected chi connectivity index (χ3v) is 3.89. The average Bonchev–Trinajstić information content (AvgIpc) is 1.99. The van der Waals surface area contributed by atoms with Crippen LogP contribution in [0.5, 0.6) is 0 Å². The van der Waals surface area contributed by atoms with Crippen LogP contribution in [0.1, 0.15) is 41.5 Å². The van der Waals surface area contributed by atoms with Gasteiger partial charge in [0.2, 0.25) is 0 Å². The van der Waals surface area contributed by atoms with Crippen LogP contribution in [0.15, 0.2) is 0 Å². The van der Waals surface area contributed by atoms with E-state index in [-0.39, 0.29) is 16.9 Å². The van der Waals surface area contributed by atoms with Crippen molar-refractivity contribution < 1.29 is 0 Å². The summed E-state index contributed by atoms with van der Waals surface area (Å²) in [5.41, 5.74) is 6.76. The maximum absolute atomic E-state index is 6.38. The third-order valence-electron chi connectivity index (χ3n) is 3.89. The number of piperidine rings is 1. The largest absolute Gasteiger partial charge is 0.327 e. The second-order valence-corrected chi connectivity index (χ2v) is 6.39. The Bertz CT molecular complexity index is 202. The molecule has 2 heteroatoms. The van der Waals surface area contributed by atoms with Gasteiger partial charge in [0.05, 0.1) is 0 Å². The Kier molecular flexibility index (Phi) is 2.99. The van der Waals surface area contributed by atoms with E-state index in [0.29, 0.717) is 12.0 Å². The Labute approximate surface area is 88.6 Å². The summed E-state index contributed by atoms with van der Waals surface area (Å²) in [6, 6.07) is 0.800. The van der Waals surface area contributed by atoms with E-state index >= 15 is 0 Å². The van der Waals surface area contributed by atoms with Gasteiger partial charge in [0, 0.05) is 18.6 Å². The highest BCUT2D eigenvalue weighted by Crippen LogP contribution is 2.40. The molecule has 0 aromatic carbocycles. The van der Waals surface area contributed by atoms with Crippen molar-refractivity contribution in [2.45, 2.75) is 53.6 Å². The average molecular weight is 198 g/mol. The lowest BCUT2D eigenvalue weighted by molar-refractivity contribution is 0.0298. The van der Waals surface area contributed by atoms with Crippen LogP contribution in [0.25, 0.3) is 0 Å². The molecular formula is C12H26N2. The highest BCUT2D eigenvalue weighted by Gasteiger charge is 2.47. The topological polar surface area (TPSA) is 38.0 Å². The molecular weight excluding hydrogens is 172 g/mol. The van der Waals surface area contributed by atoms with Crippen LogP contribution in [0, 0.1) is 16.7 Å². The number of rotatable bonds is 1. The van der Waals surface area contributed by atoms with E-state index in [0.717, 1.165) is 6.54 Å². The molecule has 0 amide bonds. The van der Waals surface area contributed by atoms with E-state index < -0.39 is 0 Å². The Morgan fingerprint density at radius 3 is 2.14 bits per heavy atom. The van der Waals surface area contributed by atoms with Gasteiger partial charge in [0.25, 0.3) is 0 Å². The Morgan fingerprint density at radius 2 is 1.71 bits per heavy atom. The van der Waals surface area contributed by atoms with Gasteiger partial charge in [-0.3, -0.25) is 0 Å². The normalized spacial score (nSPS) is 36.0. The molecule has 84 valence electrons. The van der Waals surface area contributed by atoms with Crippen LogP contribution in [0.4, 0.5) is 0 Å². The van der Waals surface area contributed by atoms with Crippen LogP contribution in [-0.2, 0) is 0 Å². The molecule has 1 aliphatic rings. The fourth-order valence-electron chi connectivity index (χ4n) is 3.04. The highest BCUT2D eigenvalue weighted by molar-refractivity contribution is 5.04. The van der Waals surface area contributed by atoms with Crippen molar-refractivity contribution >= 4 is 0 Å². The Morgan fingerprint density at radius 1 is 1.21 bits per heavy atom. The lowest BCUT2D eigenvalue weighted by atomic mass is 9.61. The quantitative estimate of drug-likeness (QED) is 0.676. The van der Waals surface area contributed by atoms with Crippen LogP contribution in [0.2, 0.25) is 0 Å². The molecule has 2 unspecified atom stereocenters. The molecule has 2 nitrogen and oxygen atoms in total. The Balaban J connectivity index is 2.91. The monoisotopic (exact) mass is 198 g/mol. The maximum Gasteiger partial charge on any atom is 0.0169 e. The first-order valence-corrected chi connectivity index (χ1v) is 5.68. The number of hydrogen-bond acceptors (Lipinski definition) is 2. The van der Waals surface area contributed by atoms with Gasteiger partial charge in [-0.2, -0.15) is 0 Å². The molecule has 3 N–H and O–H groups in total. The molecule has 2 atom stereocenters. The molecule has 0 bridgehead atoms. The number of nitrogens with two attached hydrogens (primary N) is 1. The van der Waals surface area contributed by atoms with Gasteiger partial charge in [-0.25, -0.2) is 0 Å². The van der Waals surface area contributed by atoms with Crippen molar-refractivity contribution in [1.82, 2.24) is 5.32 Å². The molecule has 14 heavy (non-hydrogen) atoms. The minimum Gasteiger partial charge on any atom is -0.327 e. The highest BCUT2D eigenvalue weighted by atomic mass is 15.0. The van der Waals surface area contributed by atoms with Gasteiger partial charge in [-0.15, -0.1) is 0 Å². The first-order chi connectivity index (χ1) is 6.19. The predicted molar refractivity (Wildman–Crippen MR) is 62.2 cm³/mol. The minimum absolute atomic E-state index is 0.177. The predicted octanol–water partition coefficient (Wildman–Crippen LogP) is 1.99. The molecule has 1 saturated heterocycles. The zero-order valence-corrected chi connectivity index (χ0v) is 10.5. The standard InChI is InChI=1S/C12H26N2/c1-8(2)9-12(5,6)10(13)11(3,4)7-14-9/h8-10,14H,7,13H2,1-6H3. The van der Waals surface area contributed by atoms with Gasteiger partial charge in [-0.05, 0) is 16.7 Å². The van der Waals surface area contributed by atoms with E-state index in [1.54, 1.807) is 0 Å². The second-order valence-electron chi connectivity index (χ2n) is 6.39. The number of nitrogens with one attached hydrogen (secondary N) is 1. The van der Waals surface area contributed by atoms with E-state index in [1.807, 2.05) is 0 Å². The van der Waals surface area contributed by atoms with Gasteiger partial charge in [0.15, 0.2) is 0 Å². The lowest BCUT2D eigenvalue weighted by Gasteiger charge is -2.53. The van der Waals surface area contributed by atoms with Gasteiger partial charge < -0.3 is 11.1 Å². The zero-order valence-electron chi connectivity index (χ0n) is 10.5. The summed E-state index contributed by atoms with van der Waals surface area (Å²) in [6.45, 7) is 14.6. The second kappa shape index (κ2) is 3.49. The smallest absolute Gasteiger partial charge is 0.0169 e. The summed E-state index contributed by atoms with van der Waals surface area (Å²) in [6.07, 6.45) is 0. The fraction of sp³-hybridized carbons (Fsp3) is 1.00. The van der Waals surface area contributed by atoms with Crippen molar-refractivity contribution in [1.29, 1.82) is 0 Å². The summed E-state index contributed by atoms with van der Waals surface area (Å²) in [4.78, 5) is 0. The zero-order chi connectivity index (χ0) is 11.1. The van der Waals surface area contributed by atoms with Crippen LogP contribution in [-0.4, -0.2) is 18.6 Å². The molecule has 1 aliphatic heterocycles. The van der Waals surface area contributed by atoms with Crippen molar-refractivity contribution in [3.05, 3.63) is 0 Å². The molecule has 0 saturated carbocycles. The lowest BCUT2D eigenvalue weighted by Crippen LogP contribution is -2.66. The van der Waals surface area contributed by atoms with Crippen LogP contribution in [0.3, 0.4) is 0 Å². The summed E-state index contributed by atoms with van der Waals surface area (Å²) in [5.74, 6) is 0.646.